The summed E-state index contributed by atoms with van der Waals surface area (Å²) in [6.07, 6.45) is 1.34. The highest BCUT2D eigenvalue weighted by molar-refractivity contribution is 5.94. The van der Waals surface area contributed by atoms with Crippen LogP contribution >= 0.6 is 0 Å². The Balaban J connectivity index is 1.32. The Morgan fingerprint density at radius 2 is 1.77 bits per heavy atom. The van der Waals surface area contributed by atoms with E-state index < -0.39 is 0 Å². The van der Waals surface area contributed by atoms with Gasteiger partial charge in [-0.1, -0.05) is 30.3 Å². The molecule has 2 heterocycles. The van der Waals surface area contributed by atoms with Gasteiger partial charge in [-0.3, -0.25) is 9.59 Å². The standard InChI is InChI=1S/C24H25N3O4/c1-16-20(26-24(31-16)18-7-3-2-4-8-18)15-22(29)27-13-11-17(12-14-27)23(30)25-19-9-5-6-10-21(19)28/h2-10,17,28H,11-15H2,1H3,(H,25,30). The fourth-order valence-electron chi connectivity index (χ4n) is 3.76. The summed E-state index contributed by atoms with van der Waals surface area (Å²) in [4.78, 5) is 31.6. The Kier molecular flexibility index (Phi) is 6.02. The monoisotopic (exact) mass is 419 g/mol. The molecule has 31 heavy (non-hydrogen) atoms. The largest absolute Gasteiger partial charge is 0.506 e. The van der Waals surface area contributed by atoms with Gasteiger partial charge < -0.3 is 19.7 Å². The first-order chi connectivity index (χ1) is 15.0. The van der Waals surface area contributed by atoms with Crippen molar-refractivity contribution < 1.29 is 19.1 Å². The maximum atomic E-state index is 12.8. The van der Waals surface area contributed by atoms with Crippen molar-refractivity contribution in [2.24, 2.45) is 5.92 Å². The summed E-state index contributed by atoms with van der Waals surface area (Å²) in [6.45, 7) is 2.85. The predicted octanol–water partition coefficient (Wildman–Crippen LogP) is 3.78. The molecule has 0 unspecified atom stereocenters. The third-order valence-corrected chi connectivity index (χ3v) is 5.61. The van der Waals surface area contributed by atoms with E-state index in [1.165, 1.54) is 6.07 Å². The van der Waals surface area contributed by atoms with Gasteiger partial charge in [0.25, 0.3) is 0 Å². The van der Waals surface area contributed by atoms with E-state index in [0.717, 1.165) is 5.56 Å². The number of rotatable bonds is 5. The molecular formula is C24H25N3O4. The molecule has 0 radical (unpaired) electrons. The molecule has 0 bridgehead atoms. The van der Waals surface area contributed by atoms with Gasteiger partial charge in [-0.2, -0.15) is 0 Å². The fourth-order valence-corrected chi connectivity index (χ4v) is 3.76. The molecule has 1 saturated heterocycles. The van der Waals surface area contributed by atoms with Crippen molar-refractivity contribution in [1.82, 2.24) is 9.88 Å². The van der Waals surface area contributed by atoms with Crippen molar-refractivity contribution in [2.75, 3.05) is 18.4 Å². The van der Waals surface area contributed by atoms with E-state index in [4.69, 9.17) is 4.42 Å². The lowest BCUT2D eigenvalue weighted by molar-refractivity contribution is -0.133. The van der Waals surface area contributed by atoms with Gasteiger partial charge >= 0.3 is 0 Å². The molecule has 1 aliphatic heterocycles. The van der Waals surface area contributed by atoms with Crippen LogP contribution in [0, 0.1) is 12.8 Å². The molecule has 1 aliphatic rings. The number of hydrogen-bond acceptors (Lipinski definition) is 5. The summed E-state index contributed by atoms with van der Waals surface area (Å²) in [7, 11) is 0. The van der Waals surface area contributed by atoms with Crippen molar-refractivity contribution in [3.63, 3.8) is 0 Å². The van der Waals surface area contributed by atoms with E-state index in [0.29, 0.717) is 49.0 Å². The highest BCUT2D eigenvalue weighted by atomic mass is 16.4. The van der Waals surface area contributed by atoms with Crippen molar-refractivity contribution in [3.8, 4) is 17.2 Å². The number of aryl methyl sites for hydroxylation is 1. The van der Waals surface area contributed by atoms with Gasteiger partial charge in [-0.15, -0.1) is 0 Å². The minimum absolute atomic E-state index is 0.0180. The maximum absolute atomic E-state index is 12.8. The first kappa shape index (κ1) is 20.7. The molecule has 2 N–H and O–H groups in total. The zero-order chi connectivity index (χ0) is 21.8. The minimum Gasteiger partial charge on any atom is -0.506 e. The zero-order valence-electron chi connectivity index (χ0n) is 17.4. The molecule has 0 atom stereocenters. The van der Waals surface area contributed by atoms with Crippen LogP contribution in [0.4, 0.5) is 5.69 Å². The lowest BCUT2D eigenvalue weighted by Crippen LogP contribution is -2.42. The highest BCUT2D eigenvalue weighted by Gasteiger charge is 2.28. The second-order valence-electron chi connectivity index (χ2n) is 7.73. The molecule has 0 aliphatic carbocycles. The van der Waals surface area contributed by atoms with E-state index >= 15 is 0 Å². The van der Waals surface area contributed by atoms with Crippen LogP contribution in [-0.4, -0.2) is 39.9 Å². The molecule has 2 aromatic carbocycles. The smallest absolute Gasteiger partial charge is 0.228 e. The number of aromatic nitrogens is 1. The van der Waals surface area contributed by atoms with Crippen LogP contribution in [0.5, 0.6) is 5.75 Å². The predicted molar refractivity (Wildman–Crippen MR) is 116 cm³/mol. The lowest BCUT2D eigenvalue weighted by Gasteiger charge is -2.31. The van der Waals surface area contributed by atoms with Crippen molar-refractivity contribution in [3.05, 3.63) is 66.1 Å². The topological polar surface area (TPSA) is 95.7 Å². The summed E-state index contributed by atoms with van der Waals surface area (Å²) in [5.74, 6) is 0.858. The van der Waals surface area contributed by atoms with E-state index in [1.54, 1.807) is 23.1 Å². The number of aromatic hydroxyl groups is 1. The maximum Gasteiger partial charge on any atom is 0.228 e. The molecule has 160 valence electrons. The molecule has 4 rings (SSSR count). The molecule has 1 fully saturated rings. The Bertz CT molecular complexity index is 1070. The van der Waals surface area contributed by atoms with Gasteiger partial charge in [0.05, 0.1) is 17.8 Å². The van der Waals surface area contributed by atoms with E-state index in [2.05, 4.69) is 10.3 Å². The van der Waals surface area contributed by atoms with Crippen LogP contribution in [0.3, 0.4) is 0 Å². The van der Waals surface area contributed by atoms with Crippen LogP contribution in [0.15, 0.2) is 59.0 Å². The Morgan fingerprint density at radius 3 is 2.48 bits per heavy atom. The van der Waals surface area contributed by atoms with Crippen LogP contribution in [0.25, 0.3) is 11.5 Å². The molecule has 1 aromatic heterocycles. The van der Waals surface area contributed by atoms with Crippen molar-refractivity contribution in [2.45, 2.75) is 26.2 Å². The molecule has 7 heteroatoms. The number of carbonyl (C=O) groups is 2. The number of anilines is 1. The normalized spacial score (nSPS) is 14.4. The third-order valence-electron chi connectivity index (χ3n) is 5.61. The Hall–Kier alpha value is -3.61. The van der Waals surface area contributed by atoms with Gasteiger partial charge in [-0.05, 0) is 44.0 Å². The lowest BCUT2D eigenvalue weighted by atomic mass is 9.95. The second kappa shape index (κ2) is 9.04. The zero-order valence-corrected chi connectivity index (χ0v) is 17.4. The van der Waals surface area contributed by atoms with Gasteiger partial charge in [0.2, 0.25) is 17.7 Å². The highest BCUT2D eigenvalue weighted by Crippen LogP contribution is 2.26. The van der Waals surface area contributed by atoms with Crippen LogP contribution in [0.2, 0.25) is 0 Å². The van der Waals surface area contributed by atoms with Crippen LogP contribution < -0.4 is 5.32 Å². The number of likely N-dealkylation sites (tertiary alicyclic amines) is 1. The van der Waals surface area contributed by atoms with Gasteiger partial charge in [0, 0.05) is 24.6 Å². The van der Waals surface area contributed by atoms with Gasteiger partial charge in [0.15, 0.2) is 0 Å². The molecule has 0 saturated carbocycles. The number of nitrogens with one attached hydrogen (secondary N) is 1. The van der Waals surface area contributed by atoms with Crippen LogP contribution in [0.1, 0.15) is 24.3 Å². The summed E-state index contributed by atoms with van der Waals surface area (Å²) < 4.78 is 5.75. The van der Waals surface area contributed by atoms with E-state index in [-0.39, 0.29) is 29.9 Å². The number of nitrogens with zero attached hydrogens (tertiary/aromatic N) is 2. The van der Waals surface area contributed by atoms with Gasteiger partial charge in [0.1, 0.15) is 11.5 Å². The molecule has 2 amide bonds. The van der Waals surface area contributed by atoms with E-state index in [9.17, 15) is 14.7 Å². The van der Waals surface area contributed by atoms with Crippen LogP contribution in [-0.2, 0) is 16.0 Å². The second-order valence-corrected chi connectivity index (χ2v) is 7.73. The summed E-state index contributed by atoms with van der Waals surface area (Å²) >= 11 is 0. The Labute approximate surface area is 180 Å². The summed E-state index contributed by atoms with van der Waals surface area (Å²) in [6, 6.07) is 16.3. The number of para-hydroxylation sites is 2. The SMILES string of the molecule is Cc1oc(-c2ccccc2)nc1CC(=O)N1CCC(C(=O)Nc2ccccc2O)CC1. The number of carbonyl (C=O) groups excluding carboxylic acids is 2. The third kappa shape index (κ3) is 4.77. The Morgan fingerprint density at radius 1 is 1.10 bits per heavy atom. The average molecular weight is 419 g/mol. The van der Waals surface area contributed by atoms with Crippen molar-refractivity contribution in [1.29, 1.82) is 0 Å². The number of oxazole rings is 1. The van der Waals surface area contributed by atoms with Gasteiger partial charge in [-0.25, -0.2) is 4.98 Å². The molecule has 0 spiro atoms. The molecule has 7 nitrogen and oxygen atoms in total. The first-order valence-corrected chi connectivity index (χ1v) is 10.4. The fraction of sp³-hybridized carbons (Fsp3) is 0.292. The van der Waals surface area contributed by atoms with E-state index in [1.807, 2.05) is 37.3 Å². The summed E-state index contributed by atoms with van der Waals surface area (Å²) in [5, 5.41) is 12.6. The molecular weight excluding hydrogens is 394 g/mol. The number of phenolic OH excluding ortho intramolecular Hbond substituents is 1. The number of amides is 2. The minimum atomic E-state index is -0.192. The number of benzene rings is 2. The molecule has 3 aromatic rings. The van der Waals surface area contributed by atoms with Crippen molar-refractivity contribution >= 4 is 17.5 Å². The number of phenols is 1. The summed E-state index contributed by atoms with van der Waals surface area (Å²) in [5.41, 5.74) is 1.92. The first-order valence-electron chi connectivity index (χ1n) is 10.4. The quantitative estimate of drug-likeness (QED) is 0.614. The number of hydrogen-bond donors (Lipinski definition) is 2. The number of piperidine rings is 1. The average Bonchev–Trinajstić information content (AvgIpc) is 3.16.